The summed E-state index contributed by atoms with van der Waals surface area (Å²) >= 11 is 0. The smallest absolute Gasteiger partial charge is 0.0641 e. The number of aromatic nitrogens is 3. The molecular formula is C18H24N4. The molecule has 2 aromatic heterocycles. The Morgan fingerprint density at radius 3 is 2.82 bits per heavy atom. The van der Waals surface area contributed by atoms with E-state index in [4.69, 9.17) is 0 Å². The van der Waals surface area contributed by atoms with Crippen molar-refractivity contribution in [1.29, 1.82) is 0 Å². The first-order valence-electron chi connectivity index (χ1n) is 7.91. The molecule has 0 amide bonds. The van der Waals surface area contributed by atoms with Gasteiger partial charge in [-0.25, -0.2) is 0 Å². The van der Waals surface area contributed by atoms with E-state index in [2.05, 4.69) is 59.7 Å². The molecule has 22 heavy (non-hydrogen) atoms. The lowest BCUT2D eigenvalue weighted by Gasteiger charge is -2.05. The number of benzene rings is 1. The largest absolute Gasteiger partial charge is 0.361 e. The lowest BCUT2D eigenvalue weighted by atomic mass is 10.1. The number of nitrogens with zero attached hydrogens (tertiary/aromatic N) is 2. The summed E-state index contributed by atoms with van der Waals surface area (Å²) in [6.45, 7) is 6.13. The number of aryl methyl sites for hydroxylation is 3. The van der Waals surface area contributed by atoms with Crippen molar-refractivity contribution in [1.82, 2.24) is 20.1 Å². The molecule has 0 saturated carbocycles. The molecular weight excluding hydrogens is 272 g/mol. The average molecular weight is 296 g/mol. The zero-order chi connectivity index (χ0) is 15.5. The summed E-state index contributed by atoms with van der Waals surface area (Å²) in [6, 6.07) is 8.50. The van der Waals surface area contributed by atoms with Crippen LogP contribution in [0.25, 0.3) is 10.9 Å². The number of hydrogen-bond acceptors (Lipinski definition) is 2. The Morgan fingerprint density at radius 1 is 1.23 bits per heavy atom. The normalized spacial score (nSPS) is 11.4. The zero-order valence-corrected chi connectivity index (χ0v) is 13.6. The Labute approximate surface area is 131 Å². The van der Waals surface area contributed by atoms with Crippen molar-refractivity contribution < 1.29 is 0 Å². The fraction of sp³-hybridized carbons (Fsp3) is 0.389. The van der Waals surface area contributed by atoms with Crippen LogP contribution in [0.1, 0.15) is 28.9 Å². The minimum Gasteiger partial charge on any atom is -0.361 e. The van der Waals surface area contributed by atoms with Gasteiger partial charge in [0.2, 0.25) is 0 Å². The number of fused-ring (bicyclic) bond motifs is 1. The minimum atomic E-state index is 0.902. The molecule has 3 rings (SSSR count). The monoisotopic (exact) mass is 296 g/mol. The third-order valence-electron chi connectivity index (χ3n) is 4.44. The van der Waals surface area contributed by atoms with Gasteiger partial charge in [-0.2, -0.15) is 5.10 Å². The molecule has 2 N–H and O–H groups in total. The van der Waals surface area contributed by atoms with Crippen molar-refractivity contribution in [3.8, 4) is 0 Å². The summed E-state index contributed by atoms with van der Waals surface area (Å²) in [5.41, 5.74) is 6.35. The Morgan fingerprint density at radius 2 is 2.05 bits per heavy atom. The number of aromatic amines is 1. The van der Waals surface area contributed by atoms with Crippen LogP contribution in [0.2, 0.25) is 0 Å². The van der Waals surface area contributed by atoms with Crippen LogP contribution >= 0.6 is 0 Å². The van der Waals surface area contributed by atoms with E-state index in [1.165, 1.54) is 27.7 Å². The van der Waals surface area contributed by atoms with E-state index >= 15 is 0 Å². The van der Waals surface area contributed by atoms with Gasteiger partial charge in [0, 0.05) is 41.9 Å². The lowest BCUT2D eigenvalue weighted by Crippen LogP contribution is -2.16. The first-order valence-corrected chi connectivity index (χ1v) is 7.91. The van der Waals surface area contributed by atoms with Crippen LogP contribution in [0.3, 0.4) is 0 Å². The van der Waals surface area contributed by atoms with Gasteiger partial charge in [0.15, 0.2) is 0 Å². The molecule has 0 aliphatic carbocycles. The maximum atomic E-state index is 4.46. The van der Waals surface area contributed by atoms with Crippen molar-refractivity contribution in [2.75, 3.05) is 6.54 Å². The molecule has 0 spiro atoms. The van der Waals surface area contributed by atoms with Crippen molar-refractivity contribution in [3.05, 3.63) is 53.0 Å². The molecule has 0 radical (unpaired) electrons. The quantitative estimate of drug-likeness (QED) is 0.686. The standard InChI is InChI=1S/C18H24N4/c1-13-17(14(2)22(3)21-13)12-19-10-6-7-15-11-20-18-9-5-4-8-16(15)18/h4-5,8-9,11,19-20H,6-7,10,12H2,1-3H3. The maximum absolute atomic E-state index is 4.46. The van der Waals surface area contributed by atoms with Crippen LogP contribution in [0, 0.1) is 13.8 Å². The molecule has 116 valence electrons. The summed E-state index contributed by atoms with van der Waals surface area (Å²) in [5.74, 6) is 0. The Bertz CT molecular complexity index is 767. The third kappa shape index (κ3) is 2.92. The molecule has 4 heteroatoms. The van der Waals surface area contributed by atoms with Gasteiger partial charge in [0.25, 0.3) is 0 Å². The van der Waals surface area contributed by atoms with Gasteiger partial charge >= 0.3 is 0 Å². The SMILES string of the molecule is Cc1nn(C)c(C)c1CNCCCc1c[nH]c2ccccc12. The maximum Gasteiger partial charge on any atom is 0.0641 e. The molecule has 0 aliphatic heterocycles. The highest BCUT2D eigenvalue weighted by atomic mass is 15.3. The lowest BCUT2D eigenvalue weighted by molar-refractivity contribution is 0.645. The summed E-state index contributed by atoms with van der Waals surface area (Å²) in [7, 11) is 2.00. The Balaban J connectivity index is 1.50. The first kappa shape index (κ1) is 14.9. The van der Waals surface area contributed by atoms with E-state index in [9.17, 15) is 0 Å². The predicted molar refractivity (Wildman–Crippen MR) is 91.0 cm³/mol. The number of nitrogens with one attached hydrogen (secondary N) is 2. The summed E-state index contributed by atoms with van der Waals surface area (Å²) in [6.07, 6.45) is 4.38. The van der Waals surface area contributed by atoms with E-state index in [-0.39, 0.29) is 0 Å². The fourth-order valence-electron chi connectivity index (χ4n) is 3.03. The number of hydrogen-bond donors (Lipinski definition) is 2. The topological polar surface area (TPSA) is 45.6 Å². The van der Waals surface area contributed by atoms with Crippen LogP contribution in [0.5, 0.6) is 0 Å². The van der Waals surface area contributed by atoms with E-state index in [0.29, 0.717) is 0 Å². The van der Waals surface area contributed by atoms with Crippen LogP contribution in [-0.2, 0) is 20.0 Å². The van der Waals surface area contributed by atoms with Gasteiger partial charge in [0.1, 0.15) is 0 Å². The van der Waals surface area contributed by atoms with Gasteiger partial charge in [-0.15, -0.1) is 0 Å². The van der Waals surface area contributed by atoms with Crippen LogP contribution < -0.4 is 5.32 Å². The van der Waals surface area contributed by atoms with Gasteiger partial charge in [-0.1, -0.05) is 18.2 Å². The van der Waals surface area contributed by atoms with Crippen molar-refractivity contribution >= 4 is 10.9 Å². The van der Waals surface area contributed by atoms with Gasteiger partial charge in [-0.05, 0) is 44.9 Å². The van der Waals surface area contributed by atoms with Crippen molar-refractivity contribution in [3.63, 3.8) is 0 Å². The molecule has 0 fully saturated rings. The second-order valence-corrected chi connectivity index (χ2v) is 5.91. The first-order chi connectivity index (χ1) is 10.7. The van der Waals surface area contributed by atoms with E-state index in [0.717, 1.165) is 31.6 Å². The highest BCUT2D eigenvalue weighted by molar-refractivity contribution is 5.82. The second kappa shape index (κ2) is 6.36. The summed E-state index contributed by atoms with van der Waals surface area (Å²) in [4.78, 5) is 3.34. The Kier molecular flexibility index (Phi) is 4.29. The molecule has 0 bridgehead atoms. The fourth-order valence-corrected chi connectivity index (χ4v) is 3.03. The Hall–Kier alpha value is -2.07. The molecule has 0 aliphatic rings. The van der Waals surface area contributed by atoms with Crippen LogP contribution in [0.4, 0.5) is 0 Å². The van der Waals surface area contributed by atoms with Gasteiger partial charge in [0.05, 0.1) is 5.69 Å². The van der Waals surface area contributed by atoms with Crippen molar-refractivity contribution in [2.45, 2.75) is 33.2 Å². The molecule has 0 atom stereocenters. The van der Waals surface area contributed by atoms with E-state index in [1.54, 1.807) is 0 Å². The average Bonchev–Trinajstić information content (AvgIpc) is 3.03. The molecule has 4 nitrogen and oxygen atoms in total. The summed E-state index contributed by atoms with van der Waals surface area (Å²) in [5, 5.41) is 9.35. The number of rotatable bonds is 6. The molecule has 2 heterocycles. The molecule has 0 unspecified atom stereocenters. The van der Waals surface area contributed by atoms with Crippen LogP contribution in [-0.4, -0.2) is 21.3 Å². The number of para-hydroxylation sites is 1. The van der Waals surface area contributed by atoms with Gasteiger partial charge in [-0.3, -0.25) is 4.68 Å². The van der Waals surface area contributed by atoms with E-state index in [1.807, 2.05) is 11.7 Å². The minimum absolute atomic E-state index is 0.902. The van der Waals surface area contributed by atoms with E-state index < -0.39 is 0 Å². The highest BCUT2D eigenvalue weighted by Gasteiger charge is 2.08. The third-order valence-corrected chi connectivity index (χ3v) is 4.44. The van der Waals surface area contributed by atoms with Crippen LogP contribution in [0.15, 0.2) is 30.5 Å². The molecule has 3 aromatic rings. The summed E-state index contributed by atoms with van der Waals surface area (Å²) < 4.78 is 1.96. The molecule has 0 saturated heterocycles. The number of H-pyrrole nitrogens is 1. The van der Waals surface area contributed by atoms with Gasteiger partial charge < -0.3 is 10.3 Å². The highest BCUT2D eigenvalue weighted by Crippen LogP contribution is 2.18. The molecule has 1 aromatic carbocycles. The van der Waals surface area contributed by atoms with Crippen molar-refractivity contribution in [2.24, 2.45) is 7.05 Å². The zero-order valence-electron chi connectivity index (χ0n) is 13.6. The predicted octanol–water partition coefficient (Wildman–Crippen LogP) is 3.24. The second-order valence-electron chi connectivity index (χ2n) is 5.91.